The van der Waals surface area contributed by atoms with Crippen LogP contribution in [0.4, 0.5) is 15.8 Å². The van der Waals surface area contributed by atoms with Gasteiger partial charge in [0, 0.05) is 5.54 Å². The van der Waals surface area contributed by atoms with Gasteiger partial charge in [0.25, 0.3) is 5.91 Å². The van der Waals surface area contributed by atoms with Gasteiger partial charge >= 0.3 is 0 Å². The van der Waals surface area contributed by atoms with Gasteiger partial charge in [-0.15, -0.1) is 0 Å². The Labute approximate surface area is 182 Å². The number of nitrogens with zero attached hydrogens (tertiary/aromatic N) is 1. The molecule has 0 aliphatic heterocycles. The highest BCUT2D eigenvalue weighted by Crippen LogP contribution is 2.24. The van der Waals surface area contributed by atoms with Crippen molar-refractivity contribution < 1.29 is 22.4 Å². The molecule has 7 nitrogen and oxygen atoms in total. The molecule has 0 aliphatic rings. The van der Waals surface area contributed by atoms with Crippen LogP contribution in [0, 0.1) is 5.82 Å². The number of amides is 2. The summed E-state index contributed by atoms with van der Waals surface area (Å²) >= 11 is 0. The maximum Gasteiger partial charge on any atom is 0.253 e. The van der Waals surface area contributed by atoms with Crippen LogP contribution in [0.5, 0.6) is 0 Å². The van der Waals surface area contributed by atoms with Gasteiger partial charge in [-0.1, -0.05) is 19.1 Å². The van der Waals surface area contributed by atoms with Gasteiger partial charge in [0.2, 0.25) is 15.9 Å². The number of carbonyl (C=O) groups excluding carboxylic acids is 2. The van der Waals surface area contributed by atoms with Crippen molar-refractivity contribution in [2.24, 2.45) is 0 Å². The Bertz CT molecular complexity index is 1050. The summed E-state index contributed by atoms with van der Waals surface area (Å²) in [5, 5.41) is 5.52. The summed E-state index contributed by atoms with van der Waals surface area (Å²) in [6, 6.07) is 10.3. The van der Waals surface area contributed by atoms with Crippen molar-refractivity contribution in [2.75, 3.05) is 15.9 Å². The fourth-order valence-electron chi connectivity index (χ4n) is 3.06. The third-order valence-corrected chi connectivity index (χ3v) is 5.51. The van der Waals surface area contributed by atoms with Gasteiger partial charge in [-0.2, -0.15) is 0 Å². The fourth-order valence-corrected chi connectivity index (χ4v) is 4.27. The van der Waals surface area contributed by atoms with E-state index in [0.717, 1.165) is 22.7 Å². The quantitative estimate of drug-likeness (QED) is 0.676. The summed E-state index contributed by atoms with van der Waals surface area (Å²) in [5.74, 6) is -1.49. The van der Waals surface area contributed by atoms with Crippen LogP contribution in [0.1, 0.15) is 44.5 Å². The Morgan fingerprint density at radius 3 is 2.16 bits per heavy atom. The minimum absolute atomic E-state index is 0.159. The van der Waals surface area contributed by atoms with Gasteiger partial charge in [-0.3, -0.25) is 13.9 Å². The number of hydrogen-bond acceptors (Lipinski definition) is 4. The third-order valence-electron chi connectivity index (χ3n) is 4.33. The molecular formula is C22H28FN3O4S. The molecule has 1 atom stereocenters. The fraction of sp³-hybridized carbons (Fsp3) is 0.364. The molecule has 0 fully saturated rings. The molecule has 9 heteroatoms. The van der Waals surface area contributed by atoms with Crippen molar-refractivity contribution in [2.45, 2.75) is 45.7 Å². The standard InChI is InChI=1S/C22H28FN3O4S/c1-6-19(26(31(5,29)30)16-13-11-15(23)12-14-16)21(28)24-18-10-8-7-9-17(18)20(27)25-22(2,3)4/h7-14,19H,6H2,1-5H3,(H,24,28)(H,25,27)/t19-/m0/s1. The molecule has 2 aromatic carbocycles. The highest BCUT2D eigenvalue weighted by molar-refractivity contribution is 7.92. The van der Waals surface area contributed by atoms with Gasteiger partial charge < -0.3 is 10.6 Å². The monoisotopic (exact) mass is 449 g/mol. The molecule has 0 bridgehead atoms. The predicted octanol–water partition coefficient (Wildman–Crippen LogP) is 3.54. The zero-order valence-corrected chi connectivity index (χ0v) is 19.1. The van der Waals surface area contributed by atoms with E-state index in [9.17, 15) is 22.4 Å². The minimum atomic E-state index is -3.86. The summed E-state index contributed by atoms with van der Waals surface area (Å²) in [5.41, 5.74) is 0.216. The number of hydrogen-bond donors (Lipinski definition) is 2. The molecule has 0 saturated heterocycles. The predicted molar refractivity (Wildman–Crippen MR) is 120 cm³/mol. The molecule has 0 aliphatic carbocycles. The number of nitrogens with one attached hydrogen (secondary N) is 2. The van der Waals surface area contributed by atoms with Gasteiger partial charge in [-0.25, -0.2) is 12.8 Å². The topological polar surface area (TPSA) is 95.6 Å². The van der Waals surface area contributed by atoms with E-state index in [4.69, 9.17) is 0 Å². The van der Waals surface area contributed by atoms with Crippen molar-refractivity contribution in [1.82, 2.24) is 5.32 Å². The Balaban J connectivity index is 2.38. The number of benzene rings is 2. The summed E-state index contributed by atoms with van der Waals surface area (Å²) in [6.45, 7) is 7.19. The van der Waals surface area contributed by atoms with Gasteiger partial charge in [-0.05, 0) is 63.6 Å². The number of halogens is 1. The Morgan fingerprint density at radius 2 is 1.65 bits per heavy atom. The molecule has 2 N–H and O–H groups in total. The van der Waals surface area contributed by atoms with Crippen molar-refractivity contribution >= 4 is 33.2 Å². The summed E-state index contributed by atoms with van der Waals surface area (Å²) in [6.07, 6.45) is 1.14. The zero-order chi connectivity index (χ0) is 23.4. The van der Waals surface area contributed by atoms with Gasteiger partial charge in [0.1, 0.15) is 11.9 Å². The van der Waals surface area contributed by atoms with Gasteiger partial charge in [0.05, 0.1) is 23.2 Å². The van der Waals surface area contributed by atoms with Crippen LogP contribution >= 0.6 is 0 Å². The molecule has 2 rings (SSSR count). The second-order valence-corrected chi connectivity index (χ2v) is 10.1. The molecular weight excluding hydrogens is 421 g/mol. The number of sulfonamides is 1. The first kappa shape index (κ1) is 24.3. The van der Waals surface area contributed by atoms with Gasteiger partial charge in [0.15, 0.2) is 0 Å². The number of anilines is 2. The molecule has 31 heavy (non-hydrogen) atoms. The Morgan fingerprint density at radius 1 is 1.06 bits per heavy atom. The van der Waals surface area contributed by atoms with Crippen LogP contribution < -0.4 is 14.9 Å². The molecule has 2 amide bonds. The molecule has 0 heterocycles. The molecule has 0 radical (unpaired) electrons. The van der Waals surface area contributed by atoms with E-state index in [-0.39, 0.29) is 29.3 Å². The lowest BCUT2D eigenvalue weighted by atomic mass is 10.1. The van der Waals surface area contributed by atoms with E-state index in [1.165, 1.54) is 12.1 Å². The van der Waals surface area contributed by atoms with Crippen LogP contribution in [-0.2, 0) is 14.8 Å². The van der Waals surface area contributed by atoms with E-state index in [0.29, 0.717) is 0 Å². The molecule has 0 unspecified atom stereocenters. The lowest BCUT2D eigenvalue weighted by Gasteiger charge is -2.30. The summed E-state index contributed by atoms with van der Waals surface area (Å²) in [7, 11) is -3.86. The highest BCUT2D eigenvalue weighted by atomic mass is 32.2. The Hall–Kier alpha value is -2.94. The third kappa shape index (κ3) is 6.52. The van der Waals surface area contributed by atoms with Crippen molar-refractivity contribution in [1.29, 1.82) is 0 Å². The van der Waals surface area contributed by atoms with E-state index in [1.54, 1.807) is 31.2 Å². The lowest BCUT2D eigenvalue weighted by molar-refractivity contribution is -0.117. The van der Waals surface area contributed by atoms with E-state index >= 15 is 0 Å². The van der Waals surface area contributed by atoms with Crippen LogP contribution in [-0.4, -0.2) is 38.1 Å². The SMILES string of the molecule is CC[C@@H](C(=O)Nc1ccccc1C(=O)NC(C)(C)C)N(c1ccc(F)cc1)S(C)(=O)=O. The molecule has 0 saturated carbocycles. The van der Waals surface area contributed by atoms with E-state index in [2.05, 4.69) is 10.6 Å². The maximum absolute atomic E-state index is 13.3. The number of carbonyl (C=O) groups is 2. The van der Waals surface area contributed by atoms with Crippen LogP contribution in [0.3, 0.4) is 0 Å². The normalized spacial score (nSPS) is 12.7. The zero-order valence-electron chi connectivity index (χ0n) is 18.3. The van der Waals surface area contributed by atoms with E-state index < -0.39 is 33.3 Å². The minimum Gasteiger partial charge on any atom is -0.347 e. The molecule has 0 spiro atoms. The second-order valence-electron chi connectivity index (χ2n) is 8.20. The maximum atomic E-state index is 13.3. The van der Waals surface area contributed by atoms with Crippen molar-refractivity contribution in [3.63, 3.8) is 0 Å². The van der Waals surface area contributed by atoms with Crippen molar-refractivity contribution in [3.8, 4) is 0 Å². The second kappa shape index (κ2) is 9.47. The van der Waals surface area contributed by atoms with Crippen molar-refractivity contribution in [3.05, 3.63) is 59.9 Å². The van der Waals surface area contributed by atoms with Crippen LogP contribution in [0.15, 0.2) is 48.5 Å². The molecule has 0 aromatic heterocycles. The Kier molecular flexibility index (Phi) is 7.43. The number of para-hydroxylation sites is 1. The number of rotatable bonds is 7. The first-order chi connectivity index (χ1) is 14.3. The smallest absolute Gasteiger partial charge is 0.253 e. The molecule has 2 aromatic rings. The lowest BCUT2D eigenvalue weighted by Crippen LogP contribution is -2.47. The van der Waals surface area contributed by atoms with E-state index in [1.807, 2.05) is 20.8 Å². The van der Waals surface area contributed by atoms with Crippen LogP contribution in [0.25, 0.3) is 0 Å². The summed E-state index contributed by atoms with van der Waals surface area (Å²) in [4.78, 5) is 25.8. The molecule has 168 valence electrons. The summed E-state index contributed by atoms with van der Waals surface area (Å²) < 4.78 is 39.3. The average molecular weight is 450 g/mol. The average Bonchev–Trinajstić information content (AvgIpc) is 2.65. The van der Waals surface area contributed by atoms with Crippen LogP contribution in [0.2, 0.25) is 0 Å². The largest absolute Gasteiger partial charge is 0.347 e. The first-order valence-corrected chi connectivity index (χ1v) is 11.7. The highest BCUT2D eigenvalue weighted by Gasteiger charge is 2.32. The first-order valence-electron chi connectivity index (χ1n) is 9.81.